The molecule has 0 bridgehead atoms. The van der Waals surface area contributed by atoms with Crippen molar-refractivity contribution in [3.05, 3.63) is 30.1 Å². The van der Waals surface area contributed by atoms with E-state index in [1.165, 1.54) is 24.3 Å². The first-order chi connectivity index (χ1) is 7.72. The van der Waals surface area contributed by atoms with Gasteiger partial charge in [-0.3, -0.25) is 0 Å². The van der Waals surface area contributed by atoms with Crippen molar-refractivity contribution in [2.75, 3.05) is 6.54 Å². The Bertz CT molecular complexity index is 362. The van der Waals surface area contributed by atoms with E-state index in [2.05, 4.69) is 15.5 Å². The molecule has 0 saturated heterocycles. The Morgan fingerprint density at radius 2 is 2.06 bits per heavy atom. The first-order valence-corrected chi connectivity index (χ1v) is 5.17. The van der Waals surface area contributed by atoms with Crippen molar-refractivity contribution in [3.8, 4) is 0 Å². The topological polar surface area (TPSA) is 53.8 Å². The molecule has 1 N–H and O–H groups in total. The molecule has 0 atom stereocenters. The van der Waals surface area contributed by atoms with Crippen LogP contribution in [0.4, 0.5) is 14.9 Å². The number of hydrogen-bond donors (Lipinski definition) is 1. The van der Waals surface area contributed by atoms with E-state index in [1.807, 2.05) is 6.92 Å². The van der Waals surface area contributed by atoms with Gasteiger partial charge in [0.2, 0.25) is 0 Å². The molecular weight excluding hydrogens is 209 g/mol. The van der Waals surface area contributed by atoms with E-state index in [4.69, 9.17) is 0 Å². The number of unbranched alkanes of at least 4 members (excludes halogenated alkanes) is 1. The Labute approximate surface area is 93.6 Å². The van der Waals surface area contributed by atoms with Gasteiger partial charge < -0.3 is 5.32 Å². The van der Waals surface area contributed by atoms with Gasteiger partial charge in [0.05, 0.1) is 5.69 Å². The Balaban J connectivity index is 2.41. The summed E-state index contributed by atoms with van der Waals surface area (Å²) in [5.74, 6) is -0.341. The molecule has 1 aromatic rings. The maximum atomic E-state index is 12.5. The predicted octanol–water partition coefficient (Wildman–Crippen LogP) is 3.42. The van der Waals surface area contributed by atoms with E-state index < -0.39 is 6.03 Å². The Hall–Kier alpha value is -1.78. The molecule has 1 rings (SSSR count). The van der Waals surface area contributed by atoms with E-state index in [0.29, 0.717) is 12.2 Å². The van der Waals surface area contributed by atoms with Crippen LogP contribution in [0.3, 0.4) is 0 Å². The van der Waals surface area contributed by atoms with Crippen molar-refractivity contribution >= 4 is 11.7 Å². The molecule has 0 aliphatic rings. The van der Waals surface area contributed by atoms with Crippen LogP contribution in [0.1, 0.15) is 19.8 Å². The maximum absolute atomic E-state index is 12.5. The van der Waals surface area contributed by atoms with E-state index in [-0.39, 0.29) is 5.82 Å². The van der Waals surface area contributed by atoms with Crippen LogP contribution in [0, 0.1) is 5.82 Å². The second kappa shape index (κ2) is 6.66. The van der Waals surface area contributed by atoms with Gasteiger partial charge in [0.1, 0.15) is 5.82 Å². The van der Waals surface area contributed by atoms with Crippen LogP contribution in [-0.4, -0.2) is 12.6 Å². The molecule has 0 heterocycles. The van der Waals surface area contributed by atoms with Crippen molar-refractivity contribution in [2.45, 2.75) is 19.8 Å². The van der Waals surface area contributed by atoms with Crippen molar-refractivity contribution in [1.82, 2.24) is 5.32 Å². The van der Waals surface area contributed by atoms with E-state index in [1.54, 1.807) is 0 Å². The second-order valence-electron chi connectivity index (χ2n) is 3.26. The number of urea groups is 1. The largest absolute Gasteiger partial charge is 0.359 e. The minimum Gasteiger partial charge on any atom is -0.335 e. The second-order valence-corrected chi connectivity index (χ2v) is 3.26. The number of benzene rings is 1. The summed E-state index contributed by atoms with van der Waals surface area (Å²) in [6.07, 6.45) is 1.92. The zero-order valence-electron chi connectivity index (χ0n) is 9.11. The fourth-order valence-corrected chi connectivity index (χ4v) is 1.02. The van der Waals surface area contributed by atoms with Crippen LogP contribution < -0.4 is 5.32 Å². The highest BCUT2D eigenvalue weighted by Crippen LogP contribution is 2.12. The molecule has 0 aliphatic carbocycles. The fourth-order valence-electron chi connectivity index (χ4n) is 1.02. The molecule has 0 spiro atoms. The molecule has 0 fully saturated rings. The molecule has 4 nitrogen and oxygen atoms in total. The summed E-state index contributed by atoms with van der Waals surface area (Å²) in [5, 5.41) is 9.71. The van der Waals surface area contributed by atoms with Crippen molar-refractivity contribution in [2.24, 2.45) is 10.2 Å². The summed E-state index contributed by atoms with van der Waals surface area (Å²) in [4.78, 5) is 11.1. The van der Waals surface area contributed by atoms with Crippen LogP contribution in [0.25, 0.3) is 0 Å². The molecule has 0 radical (unpaired) electrons. The van der Waals surface area contributed by atoms with Gasteiger partial charge in [-0.1, -0.05) is 18.5 Å². The fraction of sp³-hybridized carbons (Fsp3) is 0.364. The SMILES string of the molecule is CCCCNC(=O)N=Nc1ccc(F)cc1. The molecule has 0 aromatic heterocycles. The highest BCUT2D eigenvalue weighted by atomic mass is 19.1. The molecular formula is C11H14FN3O. The van der Waals surface area contributed by atoms with Crippen LogP contribution >= 0.6 is 0 Å². The van der Waals surface area contributed by atoms with Gasteiger partial charge in [-0.25, -0.2) is 9.18 Å². The van der Waals surface area contributed by atoms with Crippen LogP contribution in [0.2, 0.25) is 0 Å². The Morgan fingerprint density at radius 3 is 2.69 bits per heavy atom. The molecule has 5 heteroatoms. The lowest BCUT2D eigenvalue weighted by atomic mass is 10.3. The summed E-state index contributed by atoms with van der Waals surface area (Å²) < 4.78 is 12.5. The van der Waals surface area contributed by atoms with Gasteiger partial charge in [-0.05, 0) is 30.7 Å². The van der Waals surface area contributed by atoms with E-state index in [0.717, 1.165) is 12.8 Å². The van der Waals surface area contributed by atoms with Crippen LogP contribution in [0.15, 0.2) is 34.5 Å². The van der Waals surface area contributed by atoms with Gasteiger partial charge in [0.25, 0.3) is 0 Å². The van der Waals surface area contributed by atoms with E-state index >= 15 is 0 Å². The molecule has 0 unspecified atom stereocenters. The van der Waals surface area contributed by atoms with Crippen molar-refractivity contribution < 1.29 is 9.18 Å². The lowest BCUT2D eigenvalue weighted by Gasteiger charge is -1.97. The number of hydrogen-bond acceptors (Lipinski definition) is 2. The zero-order chi connectivity index (χ0) is 11.8. The predicted molar refractivity (Wildman–Crippen MR) is 59.2 cm³/mol. The third-order valence-electron chi connectivity index (χ3n) is 1.89. The van der Waals surface area contributed by atoms with Crippen LogP contribution in [-0.2, 0) is 0 Å². The third kappa shape index (κ3) is 4.63. The summed E-state index contributed by atoms with van der Waals surface area (Å²) in [6.45, 7) is 2.63. The maximum Gasteiger partial charge on any atom is 0.359 e. The molecule has 86 valence electrons. The number of azo groups is 1. The minimum absolute atomic E-state index is 0.341. The number of amides is 2. The first kappa shape index (κ1) is 12.3. The highest BCUT2D eigenvalue weighted by Gasteiger charge is 1.96. The van der Waals surface area contributed by atoms with Gasteiger partial charge in [0, 0.05) is 6.54 Å². The first-order valence-electron chi connectivity index (χ1n) is 5.17. The number of carbonyl (C=O) groups excluding carboxylic acids is 1. The normalized spacial score (nSPS) is 10.6. The summed E-state index contributed by atoms with van der Waals surface area (Å²) >= 11 is 0. The lowest BCUT2D eigenvalue weighted by molar-refractivity contribution is 0.248. The number of carbonyl (C=O) groups is 1. The van der Waals surface area contributed by atoms with E-state index in [9.17, 15) is 9.18 Å². The summed E-state index contributed by atoms with van der Waals surface area (Å²) in [6, 6.07) is 4.97. The van der Waals surface area contributed by atoms with Gasteiger partial charge in [-0.2, -0.15) is 0 Å². The quantitative estimate of drug-likeness (QED) is 0.617. The zero-order valence-corrected chi connectivity index (χ0v) is 9.11. The Kier molecular flexibility index (Phi) is 5.11. The molecule has 0 saturated carbocycles. The molecule has 0 aliphatic heterocycles. The van der Waals surface area contributed by atoms with Gasteiger partial charge in [0.15, 0.2) is 0 Å². The Morgan fingerprint density at radius 1 is 1.38 bits per heavy atom. The summed E-state index contributed by atoms with van der Waals surface area (Å²) in [7, 11) is 0. The number of nitrogens with one attached hydrogen (secondary N) is 1. The summed E-state index contributed by atoms with van der Waals surface area (Å²) in [5.41, 5.74) is 0.451. The molecule has 1 aromatic carbocycles. The lowest BCUT2D eigenvalue weighted by Crippen LogP contribution is -2.20. The molecule has 16 heavy (non-hydrogen) atoms. The molecule has 2 amide bonds. The smallest absolute Gasteiger partial charge is 0.335 e. The highest BCUT2D eigenvalue weighted by molar-refractivity contribution is 5.74. The van der Waals surface area contributed by atoms with Crippen LogP contribution in [0.5, 0.6) is 0 Å². The number of halogens is 1. The number of nitrogens with zero attached hydrogens (tertiary/aromatic N) is 2. The van der Waals surface area contributed by atoms with Crippen molar-refractivity contribution in [3.63, 3.8) is 0 Å². The van der Waals surface area contributed by atoms with Gasteiger partial charge in [-0.15, -0.1) is 5.11 Å². The average Bonchev–Trinajstić information content (AvgIpc) is 2.29. The van der Waals surface area contributed by atoms with Gasteiger partial charge >= 0.3 is 6.03 Å². The monoisotopic (exact) mass is 223 g/mol. The third-order valence-corrected chi connectivity index (χ3v) is 1.89. The standard InChI is InChI=1S/C11H14FN3O/c1-2-3-8-13-11(16)15-14-10-6-4-9(12)5-7-10/h4-7H,2-3,8H2,1H3,(H,13,16). The number of rotatable bonds is 4. The van der Waals surface area contributed by atoms with Crippen molar-refractivity contribution in [1.29, 1.82) is 0 Å². The average molecular weight is 223 g/mol. The minimum atomic E-state index is -0.474.